The number of aromatic amines is 1. The number of allylic oxidation sites excluding steroid dienone is 1. The average Bonchev–Trinajstić information content (AvgIpc) is 3.07. The molecule has 4 rings (SSSR count). The lowest BCUT2D eigenvalue weighted by Gasteiger charge is -2.42. The lowest BCUT2D eigenvalue weighted by molar-refractivity contribution is -0.145. The van der Waals surface area contributed by atoms with Gasteiger partial charge in [-0.15, -0.1) is 0 Å². The molecule has 2 aliphatic heterocycles. The van der Waals surface area contributed by atoms with E-state index in [1.807, 2.05) is 6.07 Å². The van der Waals surface area contributed by atoms with Gasteiger partial charge in [0, 0.05) is 29.9 Å². The Kier molecular flexibility index (Phi) is 4.20. The maximum absolute atomic E-state index is 12.2. The van der Waals surface area contributed by atoms with E-state index in [-0.39, 0.29) is 11.8 Å². The highest BCUT2D eigenvalue weighted by Gasteiger charge is 2.39. The fraction of sp³-hybridized carbons (Fsp3) is 0.429. The summed E-state index contributed by atoms with van der Waals surface area (Å²) in [4.78, 5) is 18.1. The van der Waals surface area contributed by atoms with E-state index in [1.165, 1.54) is 18.1 Å². The van der Waals surface area contributed by atoms with Crippen molar-refractivity contribution in [1.82, 2.24) is 9.88 Å². The van der Waals surface area contributed by atoms with Crippen molar-refractivity contribution in [2.45, 2.75) is 19.8 Å². The molecule has 3 heterocycles. The van der Waals surface area contributed by atoms with Gasteiger partial charge in [-0.05, 0) is 24.0 Å². The molecule has 134 valence electrons. The number of methoxy groups -OCH3 is 1. The molecule has 0 spiro atoms. The van der Waals surface area contributed by atoms with Gasteiger partial charge in [0.1, 0.15) is 0 Å². The van der Waals surface area contributed by atoms with E-state index in [1.54, 1.807) is 0 Å². The number of esters is 1. The van der Waals surface area contributed by atoms with Crippen molar-refractivity contribution in [2.75, 3.05) is 20.2 Å². The molecule has 0 saturated carbocycles. The van der Waals surface area contributed by atoms with Gasteiger partial charge in [-0.25, -0.2) is 0 Å². The number of rotatable bonds is 3. The van der Waals surface area contributed by atoms with Crippen LogP contribution in [0.1, 0.15) is 24.6 Å². The second kappa shape index (κ2) is 6.53. The number of hydrogen-bond donors (Lipinski definition) is 1. The summed E-state index contributed by atoms with van der Waals surface area (Å²) in [5.74, 6) is -1.04. The van der Waals surface area contributed by atoms with Crippen molar-refractivity contribution < 1.29 is 9.53 Å². The first kappa shape index (κ1) is 16.7. The molecule has 1 unspecified atom stereocenters. The van der Waals surface area contributed by atoms with E-state index in [2.05, 4.69) is 47.2 Å². The second-order valence-corrected chi connectivity index (χ2v) is 7.15. The minimum Gasteiger partial charge on any atom is -0.468 e. The SMILES string of the molecule is CC[C@@H]1CN2CCc3c([nH]c4ccccc34)C2=C[C@@H]1C(C#N)C(=O)OC. The van der Waals surface area contributed by atoms with Gasteiger partial charge in [-0.3, -0.25) is 4.79 Å². The minimum absolute atomic E-state index is 0.124. The van der Waals surface area contributed by atoms with Gasteiger partial charge in [0.15, 0.2) is 5.92 Å². The molecule has 3 atom stereocenters. The molecule has 0 radical (unpaired) electrons. The minimum atomic E-state index is -0.755. The zero-order valence-electron chi connectivity index (χ0n) is 15.2. The molecule has 2 aromatic rings. The molecule has 5 nitrogen and oxygen atoms in total. The predicted octanol–water partition coefficient (Wildman–Crippen LogP) is 3.34. The average molecular weight is 349 g/mol. The van der Waals surface area contributed by atoms with Crippen molar-refractivity contribution in [3.63, 3.8) is 0 Å². The summed E-state index contributed by atoms with van der Waals surface area (Å²) in [6.45, 7) is 3.97. The van der Waals surface area contributed by atoms with Crippen molar-refractivity contribution in [2.24, 2.45) is 17.8 Å². The second-order valence-electron chi connectivity index (χ2n) is 7.15. The Balaban J connectivity index is 1.83. The van der Waals surface area contributed by atoms with Gasteiger partial charge in [0.25, 0.3) is 0 Å². The molecule has 1 N–H and O–H groups in total. The van der Waals surface area contributed by atoms with Gasteiger partial charge in [-0.1, -0.05) is 37.6 Å². The molecular weight excluding hydrogens is 326 g/mol. The van der Waals surface area contributed by atoms with E-state index in [0.717, 1.165) is 42.8 Å². The molecule has 2 aliphatic rings. The Labute approximate surface area is 153 Å². The number of aromatic nitrogens is 1. The van der Waals surface area contributed by atoms with Crippen LogP contribution in [0.25, 0.3) is 16.6 Å². The topological polar surface area (TPSA) is 69.1 Å². The van der Waals surface area contributed by atoms with Gasteiger partial charge in [-0.2, -0.15) is 5.26 Å². The first-order valence-corrected chi connectivity index (χ1v) is 9.22. The summed E-state index contributed by atoms with van der Waals surface area (Å²) in [5, 5.41) is 10.9. The van der Waals surface area contributed by atoms with E-state index in [0.29, 0.717) is 0 Å². The number of carbonyl (C=O) groups excluding carboxylic acids is 1. The van der Waals surface area contributed by atoms with E-state index < -0.39 is 11.9 Å². The highest BCUT2D eigenvalue weighted by Crippen LogP contribution is 2.41. The Bertz CT molecular complexity index is 921. The molecule has 0 aliphatic carbocycles. The molecule has 0 amide bonds. The van der Waals surface area contributed by atoms with Crippen LogP contribution in [0.4, 0.5) is 0 Å². The van der Waals surface area contributed by atoms with Crippen LogP contribution >= 0.6 is 0 Å². The van der Waals surface area contributed by atoms with E-state index >= 15 is 0 Å². The van der Waals surface area contributed by atoms with Crippen LogP contribution in [-0.2, 0) is 16.0 Å². The maximum atomic E-state index is 12.2. The number of carbonyl (C=O) groups is 1. The van der Waals surface area contributed by atoms with Crippen molar-refractivity contribution in [3.05, 3.63) is 41.6 Å². The van der Waals surface area contributed by atoms with Crippen LogP contribution < -0.4 is 0 Å². The summed E-state index contributed by atoms with van der Waals surface area (Å²) < 4.78 is 4.89. The Morgan fingerprint density at radius 3 is 3.00 bits per heavy atom. The predicted molar refractivity (Wildman–Crippen MR) is 99.9 cm³/mol. The van der Waals surface area contributed by atoms with E-state index in [9.17, 15) is 10.1 Å². The maximum Gasteiger partial charge on any atom is 0.323 e. The van der Waals surface area contributed by atoms with Gasteiger partial charge in [0.2, 0.25) is 0 Å². The summed E-state index contributed by atoms with van der Waals surface area (Å²) in [5.41, 5.74) is 4.74. The number of ether oxygens (including phenoxy) is 1. The van der Waals surface area contributed by atoms with Gasteiger partial charge < -0.3 is 14.6 Å². The number of para-hydroxylation sites is 1. The highest BCUT2D eigenvalue weighted by molar-refractivity contribution is 5.90. The van der Waals surface area contributed by atoms with Crippen molar-refractivity contribution in [1.29, 1.82) is 5.26 Å². The number of nitriles is 1. The largest absolute Gasteiger partial charge is 0.468 e. The zero-order valence-corrected chi connectivity index (χ0v) is 15.2. The molecular formula is C21H23N3O2. The fourth-order valence-corrected chi connectivity index (χ4v) is 4.50. The number of nitrogens with zero attached hydrogens (tertiary/aromatic N) is 2. The highest BCUT2D eigenvalue weighted by atomic mass is 16.5. The summed E-state index contributed by atoms with van der Waals surface area (Å²) >= 11 is 0. The van der Waals surface area contributed by atoms with Crippen LogP contribution in [0.2, 0.25) is 0 Å². The quantitative estimate of drug-likeness (QED) is 0.863. The summed E-state index contributed by atoms with van der Waals surface area (Å²) in [6.07, 6.45) is 4.08. The normalized spacial score (nSPS) is 22.8. The smallest absolute Gasteiger partial charge is 0.323 e. The standard InChI is InChI=1S/C21H23N3O2/c1-3-13-12-24-9-8-15-14-6-4-5-7-18(14)23-20(15)19(24)10-16(13)17(11-22)21(25)26-2/h4-7,10,13,16-17,23H,3,8-9,12H2,1-2H3/t13-,16+,17?/m1/s1. The van der Waals surface area contributed by atoms with Crippen LogP contribution in [-0.4, -0.2) is 36.1 Å². The number of fused-ring (bicyclic) bond motifs is 5. The fourth-order valence-electron chi connectivity index (χ4n) is 4.50. The van der Waals surface area contributed by atoms with Crippen LogP contribution in [0.3, 0.4) is 0 Å². The molecule has 0 fully saturated rings. The lowest BCUT2D eigenvalue weighted by atomic mass is 9.76. The van der Waals surface area contributed by atoms with Crippen molar-refractivity contribution in [3.8, 4) is 6.07 Å². The molecule has 1 aromatic carbocycles. The molecule has 0 saturated heterocycles. The molecule has 0 bridgehead atoms. The zero-order chi connectivity index (χ0) is 18.3. The van der Waals surface area contributed by atoms with Gasteiger partial charge in [0.05, 0.1) is 24.6 Å². The third kappa shape index (κ3) is 2.48. The Morgan fingerprint density at radius 1 is 1.46 bits per heavy atom. The summed E-state index contributed by atoms with van der Waals surface area (Å²) in [7, 11) is 1.35. The molecule has 1 aromatic heterocycles. The van der Waals surface area contributed by atoms with E-state index in [4.69, 9.17) is 4.74 Å². The molecule has 26 heavy (non-hydrogen) atoms. The monoisotopic (exact) mass is 349 g/mol. The number of benzene rings is 1. The first-order chi connectivity index (χ1) is 12.7. The molecule has 5 heteroatoms. The number of hydrogen-bond acceptors (Lipinski definition) is 4. The van der Waals surface area contributed by atoms with Gasteiger partial charge >= 0.3 is 5.97 Å². The summed E-state index contributed by atoms with van der Waals surface area (Å²) in [6, 6.07) is 10.5. The Hall–Kier alpha value is -2.74. The Morgan fingerprint density at radius 2 is 2.27 bits per heavy atom. The third-order valence-corrected chi connectivity index (χ3v) is 5.90. The first-order valence-electron chi connectivity index (χ1n) is 9.22. The van der Waals surface area contributed by atoms with Crippen LogP contribution in [0.5, 0.6) is 0 Å². The number of H-pyrrole nitrogens is 1. The number of nitrogens with one attached hydrogen (secondary N) is 1. The lowest BCUT2D eigenvalue weighted by Crippen LogP contribution is -2.42. The van der Waals surface area contributed by atoms with Crippen LogP contribution in [0, 0.1) is 29.1 Å². The van der Waals surface area contributed by atoms with Crippen LogP contribution in [0.15, 0.2) is 30.3 Å². The third-order valence-electron chi connectivity index (χ3n) is 5.90. The van der Waals surface area contributed by atoms with Crippen molar-refractivity contribution >= 4 is 22.6 Å².